The average molecular weight is 467 g/mol. The van der Waals surface area contributed by atoms with E-state index in [1.165, 1.54) is 12.4 Å². The molecule has 2 aliphatic rings. The molecule has 0 bridgehead atoms. The van der Waals surface area contributed by atoms with Crippen molar-refractivity contribution in [1.82, 2.24) is 14.9 Å². The Labute approximate surface area is 186 Å². The lowest BCUT2D eigenvalue weighted by Crippen LogP contribution is -2.49. The van der Waals surface area contributed by atoms with Gasteiger partial charge in [-0.05, 0) is 31.3 Å². The number of halogens is 5. The maximum Gasteiger partial charge on any atom is 0.419 e. The predicted octanol–water partition coefficient (Wildman–Crippen LogP) is 3.46. The van der Waals surface area contributed by atoms with Crippen molar-refractivity contribution in [2.24, 2.45) is 0 Å². The molecule has 1 aliphatic carbocycles. The standard InChI is InChI=1S/C22H22F5N5O/c1-2-17(33)31-5-7-32(8-6-31)21-13-4-3-12(9-16(13)29-11-30-21)18-19(22(25,26)27)14(23)10-15(28)20(18)24/h2,10-12H,1,3-9,28H2. The van der Waals surface area contributed by atoms with E-state index in [0.717, 1.165) is 5.56 Å². The van der Waals surface area contributed by atoms with Crippen LogP contribution in [0.2, 0.25) is 0 Å². The number of benzene rings is 1. The molecule has 176 valence electrons. The number of aromatic nitrogens is 2. The Hall–Kier alpha value is -3.24. The summed E-state index contributed by atoms with van der Waals surface area (Å²) in [5.74, 6) is -3.26. The summed E-state index contributed by atoms with van der Waals surface area (Å²) in [6.45, 7) is 5.50. The van der Waals surface area contributed by atoms with Gasteiger partial charge in [0.2, 0.25) is 5.91 Å². The number of amides is 1. The van der Waals surface area contributed by atoms with Crippen molar-refractivity contribution >= 4 is 17.4 Å². The van der Waals surface area contributed by atoms with Gasteiger partial charge in [-0.1, -0.05) is 6.58 Å². The number of carbonyl (C=O) groups is 1. The van der Waals surface area contributed by atoms with Gasteiger partial charge in [0, 0.05) is 49.1 Å². The molecule has 1 fully saturated rings. The van der Waals surface area contributed by atoms with Crippen molar-refractivity contribution in [3.63, 3.8) is 0 Å². The summed E-state index contributed by atoms with van der Waals surface area (Å²) >= 11 is 0. The molecule has 2 N–H and O–H groups in total. The fraction of sp³-hybridized carbons (Fsp3) is 0.409. The second kappa shape index (κ2) is 8.60. The highest BCUT2D eigenvalue weighted by Gasteiger charge is 2.42. The third kappa shape index (κ3) is 4.23. The summed E-state index contributed by atoms with van der Waals surface area (Å²) in [7, 11) is 0. The van der Waals surface area contributed by atoms with Crippen LogP contribution in [0.3, 0.4) is 0 Å². The maximum atomic E-state index is 14.8. The summed E-state index contributed by atoms with van der Waals surface area (Å²) < 4.78 is 69.7. The molecule has 0 radical (unpaired) electrons. The molecule has 1 atom stereocenters. The number of carbonyl (C=O) groups excluding carboxylic acids is 1. The highest BCUT2D eigenvalue weighted by molar-refractivity contribution is 5.87. The highest BCUT2D eigenvalue weighted by atomic mass is 19.4. The molecule has 1 unspecified atom stereocenters. The Kier molecular flexibility index (Phi) is 5.98. The summed E-state index contributed by atoms with van der Waals surface area (Å²) in [6, 6.07) is 0.370. The van der Waals surface area contributed by atoms with Gasteiger partial charge in [0.15, 0.2) is 0 Å². The zero-order chi connectivity index (χ0) is 23.9. The van der Waals surface area contributed by atoms with E-state index in [9.17, 15) is 26.7 Å². The van der Waals surface area contributed by atoms with Crippen LogP contribution in [-0.4, -0.2) is 47.0 Å². The summed E-state index contributed by atoms with van der Waals surface area (Å²) in [5.41, 5.74) is 3.71. The fourth-order valence-corrected chi connectivity index (χ4v) is 4.65. The second-order valence-corrected chi connectivity index (χ2v) is 8.13. The number of nitrogens with two attached hydrogens (primary N) is 1. The average Bonchev–Trinajstić information content (AvgIpc) is 2.79. The van der Waals surface area contributed by atoms with E-state index in [4.69, 9.17) is 5.73 Å². The number of alkyl halides is 3. The molecule has 11 heteroatoms. The van der Waals surface area contributed by atoms with Gasteiger partial charge in [0.05, 0.1) is 11.3 Å². The fourth-order valence-electron chi connectivity index (χ4n) is 4.65. The van der Waals surface area contributed by atoms with Gasteiger partial charge in [-0.2, -0.15) is 13.2 Å². The third-order valence-corrected chi connectivity index (χ3v) is 6.23. The van der Waals surface area contributed by atoms with E-state index < -0.39 is 40.5 Å². The molecule has 2 aromatic rings. The normalized spacial score (nSPS) is 18.8. The molecular weight excluding hydrogens is 445 g/mol. The van der Waals surface area contributed by atoms with Crippen molar-refractivity contribution in [2.75, 3.05) is 36.8 Å². The van der Waals surface area contributed by atoms with Crippen LogP contribution in [0, 0.1) is 11.6 Å². The number of piperazine rings is 1. The van der Waals surface area contributed by atoms with Gasteiger partial charge in [0.1, 0.15) is 23.8 Å². The Balaban J connectivity index is 1.63. The van der Waals surface area contributed by atoms with Crippen LogP contribution < -0.4 is 10.6 Å². The molecule has 6 nitrogen and oxygen atoms in total. The lowest BCUT2D eigenvalue weighted by atomic mass is 9.80. The van der Waals surface area contributed by atoms with Crippen LogP contribution in [-0.2, 0) is 23.8 Å². The minimum absolute atomic E-state index is 0.00264. The van der Waals surface area contributed by atoms with Gasteiger partial charge in [-0.15, -0.1) is 0 Å². The van der Waals surface area contributed by atoms with Crippen molar-refractivity contribution < 1.29 is 26.7 Å². The van der Waals surface area contributed by atoms with Gasteiger partial charge in [0.25, 0.3) is 0 Å². The molecule has 1 aromatic carbocycles. The van der Waals surface area contributed by atoms with Gasteiger partial charge in [-0.3, -0.25) is 4.79 Å². The van der Waals surface area contributed by atoms with Crippen molar-refractivity contribution in [3.8, 4) is 0 Å². The minimum Gasteiger partial charge on any atom is -0.396 e. The Morgan fingerprint density at radius 3 is 2.52 bits per heavy atom. The van der Waals surface area contributed by atoms with E-state index >= 15 is 0 Å². The molecule has 1 saturated heterocycles. The molecule has 1 aliphatic heterocycles. The van der Waals surface area contributed by atoms with E-state index in [-0.39, 0.29) is 18.7 Å². The highest BCUT2D eigenvalue weighted by Crippen LogP contribution is 2.44. The SMILES string of the molecule is C=CC(=O)N1CCN(c2ncnc3c2CCC(c2c(F)c(N)cc(F)c2C(F)(F)F)C3)CC1. The van der Waals surface area contributed by atoms with E-state index in [1.54, 1.807) is 4.90 Å². The number of hydrogen-bond acceptors (Lipinski definition) is 5. The topological polar surface area (TPSA) is 75.4 Å². The van der Waals surface area contributed by atoms with Crippen molar-refractivity contribution in [1.29, 1.82) is 0 Å². The Bertz CT molecular complexity index is 1100. The first-order chi connectivity index (χ1) is 15.6. The zero-order valence-corrected chi connectivity index (χ0v) is 17.6. The largest absolute Gasteiger partial charge is 0.419 e. The van der Waals surface area contributed by atoms with E-state index in [2.05, 4.69) is 16.5 Å². The molecule has 2 heterocycles. The van der Waals surface area contributed by atoms with Gasteiger partial charge in [-0.25, -0.2) is 18.7 Å². The summed E-state index contributed by atoms with van der Waals surface area (Å²) in [5, 5.41) is 0. The lowest BCUT2D eigenvalue weighted by molar-refractivity contribution is -0.141. The first kappa shape index (κ1) is 22.9. The van der Waals surface area contributed by atoms with Crippen LogP contribution in [0.15, 0.2) is 25.0 Å². The maximum absolute atomic E-state index is 14.8. The summed E-state index contributed by atoms with van der Waals surface area (Å²) in [4.78, 5) is 24.1. The van der Waals surface area contributed by atoms with Crippen LogP contribution in [0.25, 0.3) is 0 Å². The molecule has 1 amide bonds. The molecule has 33 heavy (non-hydrogen) atoms. The second-order valence-electron chi connectivity index (χ2n) is 8.13. The van der Waals surface area contributed by atoms with Crippen molar-refractivity contribution in [3.05, 3.63) is 59.1 Å². The third-order valence-electron chi connectivity index (χ3n) is 6.23. The number of fused-ring (bicyclic) bond motifs is 1. The molecular formula is C22H22F5N5O. The van der Waals surface area contributed by atoms with Crippen LogP contribution in [0.1, 0.15) is 34.7 Å². The number of hydrogen-bond donors (Lipinski definition) is 1. The zero-order valence-electron chi connectivity index (χ0n) is 17.6. The Morgan fingerprint density at radius 2 is 1.88 bits per heavy atom. The molecule has 4 rings (SSSR count). The number of anilines is 2. The minimum atomic E-state index is -5.06. The van der Waals surface area contributed by atoms with Gasteiger partial charge < -0.3 is 15.5 Å². The number of nitrogen functional groups attached to an aromatic ring is 1. The first-order valence-electron chi connectivity index (χ1n) is 10.4. The molecule has 0 spiro atoms. The van der Waals surface area contributed by atoms with Gasteiger partial charge >= 0.3 is 6.18 Å². The number of nitrogens with zero attached hydrogens (tertiary/aromatic N) is 4. The monoisotopic (exact) mass is 467 g/mol. The van der Waals surface area contributed by atoms with Crippen molar-refractivity contribution in [2.45, 2.75) is 31.4 Å². The smallest absolute Gasteiger partial charge is 0.396 e. The first-order valence-corrected chi connectivity index (χ1v) is 10.4. The number of rotatable bonds is 3. The van der Waals surface area contributed by atoms with E-state index in [0.29, 0.717) is 50.2 Å². The van der Waals surface area contributed by atoms with Crippen LogP contribution in [0.4, 0.5) is 33.5 Å². The van der Waals surface area contributed by atoms with E-state index in [1.807, 2.05) is 4.90 Å². The lowest BCUT2D eigenvalue weighted by Gasteiger charge is -2.37. The summed E-state index contributed by atoms with van der Waals surface area (Å²) in [6.07, 6.45) is -2.02. The quantitative estimate of drug-likeness (QED) is 0.425. The Morgan fingerprint density at radius 1 is 1.18 bits per heavy atom. The van der Waals surface area contributed by atoms with Crippen LogP contribution in [0.5, 0.6) is 0 Å². The predicted molar refractivity (Wildman–Crippen MR) is 112 cm³/mol. The van der Waals surface area contributed by atoms with Crippen LogP contribution >= 0.6 is 0 Å². The molecule has 0 saturated carbocycles. The molecule has 1 aromatic heterocycles.